The SMILES string of the molecule is OCCCCn1cc(I)cn1. The van der Waals surface area contributed by atoms with E-state index < -0.39 is 0 Å². The minimum Gasteiger partial charge on any atom is -0.396 e. The average Bonchev–Trinajstić information content (AvgIpc) is 2.37. The summed E-state index contributed by atoms with van der Waals surface area (Å²) in [5, 5.41) is 12.6. The van der Waals surface area contributed by atoms with Crippen molar-refractivity contribution in [1.82, 2.24) is 9.78 Å². The molecule has 1 heterocycles. The third-order valence-corrected chi connectivity index (χ3v) is 1.95. The molecule has 0 radical (unpaired) electrons. The Hall–Kier alpha value is -0.100. The molecule has 0 saturated heterocycles. The Morgan fingerprint density at radius 3 is 2.91 bits per heavy atom. The van der Waals surface area contributed by atoms with Crippen LogP contribution in [0, 0.1) is 3.57 Å². The highest BCUT2D eigenvalue weighted by Gasteiger charge is 1.93. The number of unbranched alkanes of at least 4 members (excludes halogenated alkanes) is 1. The van der Waals surface area contributed by atoms with E-state index in [1.54, 1.807) is 0 Å². The summed E-state index contributed by atoms with van der Waals surface area (Å²) in [6.45, 7) is 1.18. The molecule has 3 nitrogen and oxygen atoms in total. The van der Waals surface area contributed by atoms with Crippen LogP contribution >= 0.6 is 22.6 Å². The summed E-state index contributed by atoms with van der Waals surface area (Å²) in [5.74, 6) is 0. The molecule has 62 valence electrons. The van der Waals surface area contributed by atoms with E-state index in [1.807, 2.05) is 17.1 Å². The lowest BCUT2D eigenvalue weighted by Crippen LogP contribution is -1.98. The molecule has 0 atom stereocenters. The van der Waals surface area contributed by atoms with Crippen molar-refractivity contribution in [3.63, 3.8) is 0 Å². The summed E-state index contributed by atoms with van der Waals surface area (Å²) in [6, 6.07) is 0. The summed E-state index contributed by atoms with van der Waals surface area (Å²) in [6.07, 6.45) is 5.68. The van der Waals surface area contributed by atoms with Gasteiger partial charge in [-0.15, -0.1) is 0 Å². The van der Waals surface area contributed by atoms with Crippen molar-refractivity contribution in [2.24, 2.45) is 0 Å². The van der Waals surface area contributed by atoms with Gasteiger partial charge in [0.1, 0.15) is 0 Å². The fraction of sp³-hybridized carbons (Fsp3) is 0.571. The quantitative estimate of drug-likeness (QED) is 0.658. The van der Waals surface area contributed by atoms with E-state index in [-0.39, 0.29) is 6.61 Å². The van der Waals surface area contributed by atoms with E-state index in [0.717, 1.165) is 23.0 Å². The Labute approximate surface area is 79.6 Å². The van der Waals surface area contributed by atoms with E-state index >= 15 is 0 Å². The highest BCUT2D eigenvalue weighted by molar-refractivity contribution is 14.1. The second-order valence-corrected chi connectivity index (χ2v) is 3.60. The third-order valence-electron chi connectivity index (χ3n) is 1.40. The van der Waals surface area contributed by atoms with Crippen LogP contribution in [-0.4, -0.2) is 21.5 Å². The second kappa shape index (κ2) is 4.71. The van der Waals surface area contributed by atoms with Gasteiger partial charge in [0.25, 0.3) is 0 Å². The molecule has 4 heteroatoms. The maximum absolute atomic E-state index is 8.52. The molecule has 0 aliphatic rings. The number of aryl methyl sites for hydroxylation is 1. The number of hydrogen-bond donors (Lipinski definition) is 1. The maximum Gasteiger partial charge on any atom is 0.0623 e. The van der Waals surface area contributed by atoms with Crippen LogP contribution in [0.5, 0.6) is 0 Å². The van der Waals surface area contributed by atoms with Crippen LogP contribution in [0.3, 0.4) is 0 Å². The number of aliphatic hydroxyl groups is 1. The Kier molecular flexibility index (Phi) is 3.85. The highest BCUT2D eigenvalue weighted by atomic mass is 127. The first kappa shape index (κ1) is 8.99. The smallest absolute Gasteiger partial charge is 0.0623 e. The Morgan fingerprint density at radius 1 is 1.55 bits per heavy atom. The number of aliphatic hydroxyl groups excluding tert-OH is 1. The van der Waals surface area contributed by atoms with Gasteiger partial charge in [-0.25, -0.2) is 0 Å². The van der Waals surface area contributed by atoms with Gasteiger partial charge in [0, 0.05) is 19.3 Å². The molecule has 1 aromatic rings. The molecule has 1 N–H and O–H groups in total. The fourth-order valence-electron chi connectivity index (χ4n) is 0.846. The summed E-state index contributed by atoms with van der Waals surface area (Å²) in [5.41, 5.74) is 0. The molecule has 0 saturated carbocycles. The minimum atomic E-state index is 0.276. The maximum atomic E-state index is 8.52. The molecular weight excluding hydrogens is 255 g/mol. The van der Waals surface area contributed by atoms with Gasteiger partial charge in [-0.2, -0.15) is 5.10 Å². The van der Waals surface area contributed by atoms with Crippen LogP contribution in [0.4, 0.5) is 0 Å². The molecule has 1 rings (SSSR count). The largest absolute Gasteiger partial charge is 0.396 e. The normalized spacial score (nSPS) is 10.4. The van der Waals surface area contributed by atoms with Crippen molar-refractivity contribution in [1.29, 1.82) is 0 Å². The van der Waals surface area contributed by atoms with Crippen LogP contribution in [0.25, 0.3) is 0 Å². The molecule has 0 aliphatic carbocycles. The zero-order valence-electron chi connectivity index (χ0n) is 6.20. The Bertz CT molecular complexity index is 212. The van der Waals surface area contributed by atoms with E-state index in [2.05, 4.69) is 27.7 Å². The van der Waals surface area contributed by atoms with Gasteiger partial charge in [0.05, 0.1) is 9.77 Å². The van der Waals surface area contributed by atoms with Crippen LogP contribution in [0.15, 0.2) is 12.4 Å². The molecular formula is C7H11IN2O. The third kappa shape index (κ3) is 3.20. The van der Waals surface area contributed by atoms with E-state index in [1.165, 1.54) is 0 Å². The lowest BCUT2D eigenvalue weighted by molar-refractivity contribution is 0.280. The predicted molar refractivity (Wildman–Crippen MR) is 51.3 cm³/mol. The van der Waals surface area contributed by atoms with Gasteiger partial charge >= 0.3 is 0 Å². The highest BCUT2D eigenvalue weighted by Crippen LogP contribution is 2.02. The summed E-state index contributed by atoms with van der Waals surface area (Å²) in [4.78, 5) is 0. The topological polar surface area (TPSA) is 38.0 Å². The summed E-state index contributed by atoms with van der Waals surface area (Å²) < 4.78 is 3.06. The van der Waals surface area contributed by atoms with Crippen molar-refractivity contribution in [3.8, 4) is 0 Å². The van der Waals surface area contributed by atoms with Gasteiger partial charge in [-0.05, 0) is 35.4 Å². The lowest BCUT2D eigenvalue weighted by Gasteiger charge is -1.97. The van der Waals surface area contributed by atoms with Crippen molar-refractivity contribution < 1.29 is 5.11 Å². The fourth-order valence-corrected chi connectivity index (χ4v) is 1.29. The minimum absolute atomic E-state index is 0.276. The molecule has 1 aromatic heterocycles. The van der Waals surface area contributed by atoms with Gasteiger partial charge < -0.3 is 5.11 Å². The summed E-state index contributed by atoms with van der Waals surface area (Å²) >= 11 is 2.23. The van der Waals surface area contributed by atoms with Crippen LogP contribution < -0.4 is 0 Å². The van der Waals surface area contributed by atoms with Crippen molar-refractivity contribution in [2.45, 2.75) is 19.4 Å². The van der Waals surface area contributed by atoms with Crippen molar-refractivity contribution >= 4 is 22.6 Å². The number of rotatable bonds is 4. The van der Waals surface area contributed by atoms with Gasteiger partial charge in [0.15, 0.2) is 0 Å². The van der Waals surface area contributed by atoms with Gasteiger partial charge in [0.2, 0.25) is 0 Å². The molecule has 0 fully saturated rings. The van der Waals surface area contributed by atoms with Crippen molar-refractivity contribution in [2.75, 3.05) is 6.61 Å². The van der Waals surface area contributed by atoms with Gasteiger partial charge in [-0.3, -0.25) is 4.68 Å². The van der Waals surface area contributed by atoms with E-state index in [9.17, 15) is 0 Å². The molecule has 0 aliphatic heterocycles. The number of hydrogen-bond acceptors (Lipinski definition) is 2. The van der Waals surface area contributed by atoms with E-state index in [0.29, 0.717) is 0 Å². The Balaban J connectivity index is 2.27. The lowest BCUT2D eigenvalue weighted by atomic mass is 10.3. The molecule has 0 aromatic carbocycles. The Morgan fingerprint density at radius 2 is 2.36 bits per heavy atom. The van der Waals surface area contributed by atoms with Crippen molar-refractivity contribution in [3.05, 3.63) is 16.0 Å². The van der Waals surface area contributed by atoms with Crippen LogP contribution in [0.1, 0.15) is 12.8 Å². The molecule has 0 amide bonds. The standard InChI is InChI=1S/C7H11IN2O/c8-7-5-9-10(6-7)3-1-2-4-11/h5-6,11H,1-4H2. The monoisotopic (exact) mass is 266 g/mol. The summed E-state index contributed by atoms with van der Waals surface area (Å²) in [7, 11) is 0. The number of nitrogens with zero attached hydrogens (tertiary/aromatic N) is 2. The second-order valence-electron chi connectivity index (χ2n) is 2.35. The van der Waals surface area contributed by atoms with Crippen LogP contribution in [-0.2, 0) is 6.54 Å². The molecule has 11 heavy (non-hydrogen) atoms. The predicted octanol–water partition coefficient (Wildman–Crippen LogP) is 1.26. The molecule has 0 unspecified atom stereocenters. The zero-order chi connectivity index (χ0) is 8.10. The first-order chi connectivity index (χ1) is 5.33. The molecule has 0 bridgehead atoms. The number of aromatic nitrogens is 2. The molecule has 0 spiro atoms. The van der Waals surface area contributed by atoms with Gasteiger partial charge in [-0.1, -0.05) is 0 Å². The van der Waals surface area contributed by atoms with E-state index in [4.69, 9.17) is 5.11 Å². The first-order valence-corrected chi connectivity index (χ1v) is 4.69. The van der Waals surface area contributed by atoms with Crippen LogP contribution in [0.2, 0.25) is 0 Å². The first-order valence-electron chi connectivity index (χ1n) is 3.62. The number of halogens is 1. The average molecular weight is 266 g/mol. The zero-order valence-corrected chi connectivity index (χ0v) is 8.36.